The molecule has 5 nitrogen and oxygen atoms in total. The minimum atomic E-state index is 0.289. The van der Waals surface area contributed by atoms with Gasteiger partial charge in [0, 0.05) is 32.6 Å². The Labute approximate surface area is 139 Å². The van der Waals surface area contributed by atoms with Gasteiger partial charge in [-0.15, -0.1) is 0 Å². The van der Waals surface area contributed by atoms with Crippen LogP contribution in [0.2, 0.25) is 0 Å². The Morgan fingerprint density at radius 3 is 2.48 bits per heavy atom. The van der Waals surface area contributed by atoms with Gasteiger partial charge in [-0.05, 0) is 31.5 Å². The molecule has 1 aromatic carbocycles. The molecule has 1 aromatic rings. The molecular formula is C18H29N3O2. The molecule has 0 bridgehead atoms. The molecule has 1 fully saturated rings. The topological polar surface area (TPSA) is 58.8 Å². The third kappa shape index (κ3) is 5.13. The van der Waals surface area contributed by atoms with Crippen LogP contribution in [0.3, 0.4) is 0 Å². The van der Waals surface area contributed by atoms with Crippen LogP contribution in [0.5, 0.6) is 5.75 Å². The lowest BCUT2D eigenvalue weighted by molar-refractivity contribution is -0.131. The first-order valence-corrected chi connectivity index (χ1v) is 8.62. The van der Waals surface area contributed by atoms with E-state index in [1.807, 2.05) is 23.1 Å². The van der Waals surface area contributed by atoms with E-state index < -0.39 is 0 Å². The number of nitrogens with two attached hydrogens (primary N) is 1. The molecule has 2 rings (SSSR count). The van der Waals surface area contributed by atoms with E-state index in [2.05, 4.69) is 11.0 Å². The first-order valence-electron chi connectivity index (χ1n) is 8.62. The Kier molecular flexibility index (Phi) is 7.20. The van der Waals surface area contributed by atoms with Crippen LogP contribution in [-0.2, 0) is 4.79 Å². The summed E-state index contributed by atoms with van der Waals surface area (Å²) in [6.07, 6.45) is 4.94. The third-order valence-electron chi connectivity index (χ3n) is 4.40. The zero-order chi connectivity index (χ0) is 16.5. The van der Waals surface area contributed by atoms with Crippen LogP contribution in [0.4, 0.5) is 5.69 Å². The van der Waals surface area contributed by atoms with Gasteiger partial charge in [0.25, 0.3) is 0 Å². The van der Waals surface area contributed by atoms with Gasteiger partial charge in [-0.3, -0.25) is 4.79 Å². The highest BCUT2D eigenvalue weighted by Gasteiger charge is 2.22. The van der Waals surface area contributed by atoms with Gasteiger partial charge in [0.05, 0.1) is 12.8 Å². The number of hydrogen-bond acceptors (Lipinski definition) is 4. The molecule has 0 atom stereocenters. The average Bonchev–Trinajstić information content (AvgIpc) is 2.61. The minimum absolute atomic E-state index is 0.289. The highest BCUT2D eigenvalue weighted by Crippen LogP contribution is 2.28. The summed E-state index contributed by atoms with van der Waals surface area (Å²) in [7, 11) is 1.70. The van der Waals surface area contributed by atoms with E-state index in [0.717, 1.165) is 69.8 Å². The molecule has 1 aliphatic rings. The van der Waals surface area contributed by atoms with Crippen LogP contribution >= 0.6 is 0 Å². The van der Waals surface area contributed by atoms with Crippen LogP contribution in [0.15, 0.2) is 24.3 Å². The monoisotopic (exact) mass is 319 g/mol. The number of ether oxygens (including phenoxy) is 1. The van der Waals surface area contributed by atoms with Crippen LogP contribution in [0, 0.1) is 0 Å². The SMILES string of the molecule is COc1ccccc1N1CCN(C(=O)CCCCCCN)CC1. The maximum absolute atomic E-state index is 12.3. The molecule has 1 amide bonds. The lowest BCUT2D eigenvalue weighted by Gasteiger charge is -2.36. The number of methoxy groups -OCH3 is 1. The molecule has 1 heterocycles. The molecule has 0 aliphatic carbocycles. The molecule has 0 unspecified atom stereocenters. The van der Waals surface area contributed by atoms with Crippen LogP contribution in [0.1, 0.15) is 32.1 Å². The molecule has 5 heteroatoms. The number of carbonyl (C=O) groups excluding carboxylic acids is 1. The minimum Gasteiger partial charge on any atom is -0.495 e. The van der Waals surface area contributed by atoms with Crippen molar-refractivity contribution in [1.29, 1.82) is 0 Å². The van der Waals surface area contributed by atoms with Gasteiger partial charge in [0.1, 0.15) is 5.75 Å². The second-order valence-corrected chi connectivity index (χ2v) is 5.99. The first-order chi connectivity index (χ1) is 11.3. The summed E-state index contributed by atoms with van der Waals surface area (Å²) in [5.74, 6) is 1.18. The summed E-state index contributed by atoms with van der Waals surface area (Å²) in [4.78, 5) is 16.5. The molecule has 0 aromatic heterocycles. The fraction of sp³-hybridized carbons (Fsp3) is 0.611. The summed E-state index contributed by atoms with van der Waals surface area (Å²) >= 11 is 0. The van der Waals surface area contributed by atoms with Crippen molar-refractivity contribution in [3.05, 3.63) is 24.3 Å². The van der Waals surface area contributed by atoms with Gasteiger partial charge in [-0.2, -0.15) is 0 Å². The number of para-hydroxylation sites is 2. The van der Waals surface area contributed by atoms with Crippen molar-refractivity contribution in [2.75, 3.05) is 44.7 Å². The largest absolute Gasteiger partial charge is 0.495 e. The zero-order valence-electron chi connectivity index (χ0n) is 14.2. The Morgan fingerprint density at radius 2 is 1.78 bits per heavy atom. The highest BCUT2D eigenvalue weighted by molar-refractivity contribution is 5.76. The predicted octanol–water partition coefficient (Wildman–Crippen LogP) is 2.25. The molecule has 2 N–H and O–H groups in total. The van der Waals surface area contributed by atoms with E-state index in [9.17, 15) is 4.79 Å². The lowest BCUT2D eigenvalue weighted by atomic mass is 10.1. The molecular weight excluding hydrogens is 290 g/mol. The number of unbranched alkanes of at least 4 members (excludes halogenated alkanes) is 3. The van der Waals surface area contributed by atoms with Crippen molar-refractivity contribution in [2.45, 2.75) is 32.1 Å². The lowest BCUT2D eigenvalue weighted by Crippen LogP contribution is -2.48. The van der Waals surface area contributed by atoms with Crippen molar-refractivity contribution in [2.24, 2.45) is 5.73 Å². The molecule has 0 saturated carbocycles. The molecule has 0 radical (unpaired) electrons. The van der Waals surface area contributed by atoms with Crippen molar-refractivity contribution >= 4 is 11.6 Å². The Balaban J connectivity index is 1.76. The summed E-state index contributed by atoms with van der Waals surface area (Å²) < 4.78 is 5.43. The smallest absolute Gasteiger partial charge is 0.222 e. The summed E-state index contributed by atoms with van der Waals surface area (Å²) in [6.45, 7) is 4.05. The number of amides is 1. The first kappa shape index (κ1) is 17.6. The van der Waals surface area contributed by atoms with Crippen molar-refractivity contribution in [3.8, 4) is 5.75 Å². The van der Waals surface area contributed by atoms with Gasteiger partial charge in [-0.25, -0.2) is 0 Å². The van der Waals surface area contributed by atoms with Crippen molar-refractivity contribution in [1.82, 2.24) is 4.90 Å². The Bertz CT molecular complexity index is 485. The van der Waals surface area contributed by atoms with E-state index in [4.69, 9.17) is 10.5 Å². The number of piperazine rings is 1. The standard InChI is InChI=1S/C18H29N3O2/c1-23-17-9-6-5-8-16(17)20-12-14-21(15-13-20)18(22)10-4-2-3-7-11-19/h5-6,8-9H,2-4,7,10-15,19H2,1H3. The number of nitrogens with zero attached hydrogens (tertiary/aromatic N) is 2. The summed E-state index contributed by atoms with van der Waals surface area (Å²) in [6, 6.07) is 8.06. The van der Waals surface area contributed by atoms with Crippen LogP contribution in [0.25, 0.3) is 0 Å². The maximum atomic E-state index is 12.3. The second kappa shape index (κ2) is 9.40. The van der Waals surface area contributed by atoms with E-state index >= 15 is 0 Å². The second-order valence-electron chi connectivity index (χ2n) is 5.99. The van der Waals surface area contributed by atoms with Gasteiger partial charge < -0.3 is 20.3 Å². The third-order valence-corrected chi connectivity index (χ3v) is 4.40. The molecule has 128 valence electrons. The zero-order valence-corrected chi connectivity index (χ0v) is 14.2. The van der Waals surface area contributed by atoms with Gasteiger partial charge >= 0.3 is 0 Å². The van der Waals surface area contributed by atoms with Gasteiger partial charge in [0.2, 0.25) is 5.91 Å². The number of carbonyl (C=O) groups is 1. The van der Waals surface area contributed by atoms with Crippen LogP contribution in [-0.4, -0.2) is 50.6 Å². The molecule has 0 spiro atoms. The van der Waals surface area contributed by atoms with Crippen molar-refractivity contribution in [3.63, 3.8) is 0 Å². The molecule has 23 heavy (non-hydrogen) atoms. The highest BCUT2D eigenvalue weighted by atomic mass is 16.5. The van der Waals surface area contributed by atoms with Gasteiger partial charge in [0.15, 0.2) is 0 Å². The van der Waals surface area contributed by atoms with E-state index in [1.165, 1.54) is 0 Å². The van der Waals surface area contributed by atoms with E-state index in [-0.39, 0.29) is 5.91 Å². The number of hydrogen-bond donors (Lipinski definition) is 1. The van der Waals surface area contributed by atoms with Crippen LogP contribution < -0.4 is 15.4 Å². The Hall–Kier alpha value is -1.75. The fourth-order valence-electron chi connectivity index (χ4n) is 3.02. The number of benzene rings is 1. The molecule has 1 saturated heterocycles. The number of rotatable bonds is 8. The Morgan fingerprint density at radius 1 is 1.09 bits per heavy atom. The van der Waals surface area contributed by atoms with Gasteiger partial charge in [-0.1, -0.05) is 25.0 Å². The quantitative estimate of drug-likeness (QED) is 0.747. The normalized spacial score (nSPS) is 14.9. The summed E-state index contributed by atoms with van der Waals surface area (Å²) in [5, 5.41) is 0. The number of anilines is 1. The maximum Gasteiger partial charge on any atom is 0.222 e. The van der Waals surface area contributed by atoms with Crippen molar-refractivity contribution < 1.29 is 9.53 Å². The average molecular weight is 319 g/mol. The summed E-state index contributed by atoms with van der Waals surface area (Å²) in [5.41, 5.74) is 6.60. The predicted molar refractivity (Wildman–Crippen MR) is 93.9 cm³/mol. The fourth-order valence-corrected chi connectivity index (χ4v) is 3.02. The molecule has 1 aliphatic heterocycles. The van der Waals surface area contributed by atoms with E-state index in [0.29, 0.717) is 6.42 Å². The van der Waals surface area contributed by atoms with E-state index in [1.54, 1.807) is 7.11 Å².